The molecule has 0 amide bonds. The highest BCUT2D eigenvalue weighted by Gasteiger charge is 2.27. The average Bonchev–Trinajstić information content (AvgIpc) is 2.75. The fourth-order valence-electron chi connectivity index (χ4n) is 3.66. The van der Waals surface area contributed by atoms with Crippen molar-refractivity contribution in [2.45, 2.75) is 6.10 Å². The number of aliphatic hydroxyl groups excluding tert-OH is 1. The molecule has 0 radical (unpaired) electrons. The lowest BCUT2D eigenvalue weighted by atomic mass is 10.2. The Bertz CT molecular complexity index is 701. The summed E-state index contributed by atoms with van der Waals surface area (Å²) < 4.78 is 16.6. The Balaban J connectivity index is 0.00000225. The van der Waals surface area contributed by atoms with E-state index in [4.69, 9.17) is 14.2 Å². The molecule has 0 bridgehead atoms. The molecule has 3 N–H and O–H groups in total. The van der Waals surface area contributed by atoms with Gasteiger partial charge in [-0.2, -0.15) is 0 Å². The Kier molecular flexibility index (Phi) is 12.8. The van der Waals surface area contributed by atoms with E-state index in [2.05, 4.69) is 12.1 Å². The van der Waals surface area contributed by atoms with Crippen molar-refractivity contribution in [1.82, 2.24) is 0 Å². The van der Waals surface area contributed by atoms with Crippen molar-refractivity contribution in [2.75, 3.05) is 59.7 Å². The fraction of sp³-hybridized carbons (Fsp3) is 0.455. The third kappa shape index (κ3) is 8.30. The van der Waals surface area contributed by atoms with Gasteiger partial charge in [0, 0.05) is 6.07 Å². The second-order valence-electron chi connectivity index (χ2n) is 7.15. The van der Waals surface area contributed by atoms with E-state index in [1.54, 1.807) is 7.11 Å². The number of hydrogen-bond donors (Lipinski definition) is 3. The molecule has 2 aromatic rings. The highest BCUT2D eigenvalue weighted by molar-refractivity contribution is 5.45. The zero-order valence-corrected chi connectivity index (χ0v) is 18.9. The Morgan fingerprint density at radius 1 is 0.900 bits per heavy atom. The quantitative estimate of drug-likeness (QED) is 0.310. The minimum absolute atomic E-state index is 0. The summed E-state index contributed by atoms with van der Waals surface area (Å²) in [5.41, 5.74) is 1.23. The molecule has 1 atom stereocenters. The minimum atomic E-state index is -0.445. The summed E-state index contributed by atoms with van der Waals surface area (Å²) in [5.74, 6) is 1.79. The van der Waals surface area contributed by atoms with E-state index in [1.165, 1.54) is 15.5 Å². The maximum absolute atomic E-state index is 10.3. The van der Waals surface area contributed by atoms with Gasteiger partial charge in [-0.15, -0.1) is 0 Å². The number of halogens is 2. The van der Waals surface area contributed by atoms with Gasteiger partial charge >= 0.3 is 0 Å². The SMILES string of the molecule is COc1ccccc1[NH+]1CC[NH+](CC(O)COCCOc2ccccc2)CC1.[Cl-].[Cl-]. The Hall–Kier alpha value is -1.54. The van der Waals surface area contributed by atoms with Gasteiger partial charge in [0.15, 0.2) is 11.4 Å². The summed E-state index contributed by atoms with van der Waals surface area (Å²) in [6.45, 7) is 6.17. The van der Waals surface area contributed by atoms with Gasteiger partial charge in [0.1, 0.15) is 51.2 Å². The first-order valence-electron chi connectivity index (χ1n) is 10.0. The lowest BCUT2D eigenvalue weighted by molar-refractivity contribution is -0.988. The van der Waals surface area contributed by atoms with Crippen LogP contribution in [0.3, 0.4) is 0 Å². The minimum Gasteiger partial charge on any atom is -1.00 e. The topological polar surface area (TPSA) is 56.8 Å². The maximum Gasteiger partial charge on any atom is 0.179 e. The van der Waals surface area contributed by atoms with E-state index in [-0.39, 0.29) is 24.8 Å². The van der Waals surface area contributed by atoms with Crippen LogP contribution in [0.2, 0.25) is 0 Å². The van der Waals surface area contributed by atoms with Crippen LogP contribution in [0.5, 0.6) is 11.5 Å². The number of nitrogens with one attached hydrogen (secondary N) is 2. The lowest BCUT2D eigenvalue weighted by Crippen LogP contribution is -3.26. The summed E-state index contributed by atoms with van der Waals surface area (Å²) in [7, 11) is 1.72. The van der Waals surface area contributed by atoms with Crippen LogP contribution in [-0.2, 0) is 4.74 Å². The number of quaternary nitrogens is 2. The molecule has 6 nitrogen and oxygen atoms in total. The number of aliphatic hydroxyl groups is 1. The van der Waals surface area contributed by atoms with Gasteiger partial charge in [0.2, 0.25) is 0 Å². The first kappa shape index (κ1) is 26.5. The standard InChI is InChI=1S/C22H30N2O4.2ClH/c1-26-22-10-6-5-9-21(22)24-13-11-23(12-14-24)17-19(25)18-27-15-16-28-20-7-3-2-4-8-20;;/h2-10,19,25H,11-18H2,1H3;2*1H. The molecule has 1 saturated heterocycles. The van der Waals surface area contributed by atoms with E-state index in [0.29, 0.717) is 19.8 Å². The number of para-hydroxylation sites is 3. The molecule has 1 unspecified atom stereocenters. The predicted octanol–water partition coefficient (Wildman–Crippen LogP) is -6.43. The number of methoxy groups -OCH3 is 1. The van der Waals surface area contributed by atoms with Crippen LogP contribution in [0.25, 0.3) is 0 Å². The molecular formula is C22H32Cl2N2O4. The second kappa shape index (κ2) is 14.5. The molecule has 1 fully saturated rings. The third-order valence-electron chi connectivity index (χ3n) is 5.12. The maximum atomic E-state index is 10.3. The van der Waals surface area contributed by atoms with Crippen LogP contribution in [0.1, 0.15) is 0 Å². The highest BCUT2D eigenvalue weighted by atomic mass is 35.5. The predicted molar refractivity (Wildman–Crippen MR) is 108 cm³/mol. The Labute approximate surface area is 191 Å². The van der Waals surface area contributed by atoms with E-state index in [9.17, 15) is 5.11 Å². The van der Waals surface area contributed by atoms with Gasteiger partial charge in [0.05, 0.1) is 20.3 Å². The zero-order chi connectivity index (χ0) is 19.6. The average molecular weight is 459 g/mol. The molecule has 30 heavy (non-hydrogen) atoms. The molecule has 168 valence electrons. The molecule has 1 heterocycles. The number of piperazine rings is 1. The molecule has 0 aliphatic carbocycles. The summed E-state index contributed by atoms with van der Waals surface area (Å²) in [6, 6.07) is 17.9. The van der Waals surface area contributed by atoms with E-state index < -0.39 is 6.10 Å². The summed E-state index contributed by atoms with van der Waals surface area (Å²) >= 11 is 0. The lowest BCUT2D eigenvalue weighted by Gasteiger charge is -2.31. The van der Waals surface area contributed by atoms with Crippen LogP contribution in [0.15, 0.2) is 54.6 Å². The van der Waals surface area contributed by atoms with Crippen molar-refractivity contribution < 1.29 is 53.9 Å². The largest absolute Gasteiger partial charge is 1.00 e. The number of hydrogen-bond acceptors (Lipinski definition) is 4. The van der Waals surface area contributed by atoms with Gasteiger partial charge in [-0.1, -0.05) is 30.3 Å². The fourth-order valence-corrected chi connectivity index (χ4v) is 3.66. The molecular weight excluding hydrogens is 427 g/mol. The van der Waals surface area contributed by atoms with Gasteiger partial charge in [0.25, 0.3) is 0 Å². The van der Waals surface area contributed by atoms with E-state index >= 15 is 0 Å². The zero-order valence-electron chi connectivity index (χ0n) is 17.4. The molecule has 3 rings (SSSR count). The van der Waals surface area contributed by atoms with Crippen molar-refractivity contribution >= 4 is 5.69 Å². The summed E-state index contributed by atoms with van der Waals surface area (Å²) in [4.78, 5) is 2.88. The van der Waals surface area contributed by atoms with Gasteiger partial charge in [-0.05, 0) is 18.2 Å². The normalized spacial score (nSPS) is 19.1. The molecule has 0 aromatic heterocycles. The number of rotatable bonds is 10. The van der Waals surface area contributed by atoms with Gasteiger partial charge in [-0.25, -0.2) is 0 Å². The monoisotopic (exact) mass is 458 g/mol. The molecule has 8 heteroatoms. The second-order valence-corrected chi connectivity index (χ2v) is 7.15. The van der Waals surface area contributed by atoms with Crippen molar-refractivity contribution in [1.29, 1.82) is 0 Å². The third-order valence-corrected chi connectivity index (χ3v) is 5.12. The molecule has 0 saturated carbocycles. The van der Waals surface area contributed by atoms with Gasteiger partial charge < -0.3 is 49.0 Å². The molecule has 0 spiro atoms. The summed E-state index contributed by atoms with van der Waals surface area (Å²) in [6.07, 6.45) is -0.445. The number of benzene rings is 2. The molecule has 2 aromatic carbocycles. The highest BCUT2D eigenvalue weighted by Crippen LogP contribution is 2.18. The summed E-state index contributed by atoms with van der Waals surface area (Å²) in [5, 5.41) is 10.3. The van der Waals surface area contributed by atoms with Crippen LogP contribution in [0.4, 0.5) is 5.69 Å². The first-order valence-corrected chi connectivity index (χ1v) is 10.0. The Morgan fingerprint density at radius 2 is 1.57 bits per heavy atom. The Morgan fingerprint density at radius 3 is 2.27 bits per heavy atom. The first-order chi connectivity index (χ1) is 13.8. The van der Waals surface area contributed by atoms with Crippen molar-refractivity contribution in [3.05, 3.63) is 54.6 Å². The van der Waals surface area contributed by atoms with Crippen LogP contribution < -0.4 is 44.1 Å². The van der Waals surface area contributed by atoms with Crippen LogP contribution in [0, 0.1) is 0 Å². The van der Waals surface area contributed by atoms with Crippen molar-refractivity contribution in [3.8, 4) is 11.5 Å². The van der Waals surface area contributed by atoms with Crippen molar-refractivity contribution in [2.24, 2.45) is 0 Å². The molecule has 1 aliphatic heterocycles. The van der Waals surface area contributed by atoms with Crippen LogP contribution in [-0.4, -0.2) is 70.9 Å². The van der Waals surface area contributed by atoms with E-state index in [0.717, 1.165) is 44.2 Å². The van der Waals surface area contributed by atoms with Gasteiger partial charge in [-0.3, -0.25) is 4.90 Å². The number of ether oxygens (including phenoxy) is 3. The van der Waals surface area contributed by atoms with E-state index in [1.807, 2.05) is 42.5 Å². The smallest absolute Gasteiger partial charge is 0.179 e. The van der Waals surface area contributed by atoms with Crippen LogP contribution >= 0.6 is 0 Å². The van der Waals surface area contributed by atoms with Crippen molar-refractivity contribution in [3.63, 3.8) is 0 Å². The molecule has 1 aliphatic rings.